The van der Waals surface area contributed by atoms with E-state index >= 15 is 0 Å². The van der Waals surface area contributed by atoms with Crippen LogP contribution in [-0.2, 0) is 6.42 Å². The maximum Gasteiger partial charge on any atom is 0.206 e. The Labute approximate surface area is 172 Å². The molecular formula is C21H19N7S. The highest BCUT2D eigenvalue weighted by molar-refractivity contribution is 7.18. The first kappa shape index (κ1) is 18.7. The Balaban J connectivity index is 1.38. The predicted molar refractivity (Wildman–Crippen MR) is 115 cm³/mol. The Bertz CT molecular complexity index is 1130. The molecule has 0 radical (unpaired) electrons. The van der Waals surface area contributed by atoms with Crippen LogP contribution in [0.15, 0.2) is 60.7 Å². The summed E-state index contributed by atoms with van der Waals surface area (Å²) in [6, 6.07) is 21.7. The lowest BCUT2D eigenvalue weighted by molar-refractivity contribution is 0.789. The molecule has 0 saturated carbocycles. The predicted octanol–water partition coefficient (Wildman–Crippen LogP) is 3.89. The van der Waals surface area contributed by atoms with Crippen molar-refractivity contribution in [3.8, 4) is 22.3 Å². The molecule has 0 aliphatic carbocycles. The van der Waals surface area contributed by atoms with Crippen LogP contribution in [0, 0.1) is 11.3 Å². The maximum atomic E-state index is 9.49. The zero-order chi connectivity index (χ0) is 20.1. The highest BCUT2D eigenvalue weighted by atomic mass is 32.1. The number of nitrogens with two attached hydrogens (primary N) is 1. The van der Waals surface area contributed by atoms with Gasteiger partial charge in [-0.1, -0.05) is 59.9 Å². The standard InChI is InChI=1S/C21H19N7S/c22-14-17-18(27-28(19(17)23)16-10-5-2-6-11-16)12-7-13-24-21-26-25-20(29-21)15-8-3-1-4-9-15/h1-6,8-11H,7,12-13,23H2,(H,24,26). The van der Waals surface area contributed by atoms with Crippen molar-refractivity contribution in [1.82, 2.24) is 20.0 Å². The number of nitrogens with one attached hydrogen (secondary N) is 1. The van der Waals surface area contributed by atoms with Crippen LogP contribution >= 0.6 is 11.3 Å². The van der Waals surface area contributed by atoms with Gasteiger partial charge in [0.2, 0.25) is 5.13 Å². The lowest BCUT2D eigenvalue weighted by atomic mass is 10.1. The van der Waals surface area contributed by atoms with Gasteiger partial charge < -0.3 is 11.1 Å². The van der Waals surface area contributed by atoms with Gasteiger partial charge in [-0.25, -0.2) is 4.68 Å². The van der Waals surface area contributed by atoms with Crippen molar-refractivity contribution in [2.75, 3.05) is 17.6 Å². The van der Waals surface area contributed by atoms with Gasteiger partial charge in [0, 0.05) is 12.1 Å². The molecule has 8 heteroatoms. The van der Waals surface area contributed by atoms with Gasteiger partial charge in [-0.15, -0.1) is 10.2 Å². The topological polar surface area (TPSA) is 105 Å². The molecule has 29 heavy (non-hydrogen) atoms. The van der Waals surface area contributed by atoms with Crippen LogP contribution in [0.4, 0.5) is 10.9 Å². The fourth-order valence-corrected chi connectivity index (χ4v) is 3.76. The van der Waals surface area contributed by atoms with Crippen molar-refractivity contribution >= 4 is 22.3 Å². The Kier molecular flexibility index (Phi) is 5.49. The minimum absolute atomic E-state index is 0.373. The quantitative estimate of drug-likeness (QED) is 0.455. The summed E-state index contributed by atoms with van der Waals surface area (Å²) >= 11 is 1.52. The third-order valence-corrected chi connectivity index (χ3v) is 5.35. The molecule has 0 amide bonds. The molecule has 0 unspecified atom stereocenters. The summed E-state index contributed by atoms with van der Waals surface area (Å²) in [4.78, 5) is 0. The summed E-state index contributed by atoms with van der Waals surface area (Å²) in [6.07, 6.45) is 1.43. The molecule has 0 saturated heterocycles. The van der Waals surface area contributed by atoms with E-state index < -0.39 is 0 Å². The van der Waals surface area contributed by atoms with Crippen LogP contribution in [0.1, 0.15) is 17.7 Å². The summed E-state index contributed by atoms with van der Waals surface area (Å²) in [5.74, 6) is 0.373. The molecule has 144 valence electrons. The first-order valence-corrected chi connectivity index (χ1v) is 10.0. The van der Waals surface area contributed by atoms with E-state index in [0.717, 1.165) is 27.8 Å². The van der Waals surface area contributed by atoms with E-state index in [4.69, 9.17) is 5.73 Å². The number of benzene rings is 2. The SMILES string of the molecule is N#Cc1c(CCCNc2nnc(-c3ccccc3)s2)nn(-c2ccccc2)c1N. The van der Waals surface area contributed by atoms with Crippen molar-refractivity contribution in [2.24, 2.45) is 0 Å². The number of hydrogen-bond acceptors (Lipinski definition) is 7. The Morgan fingerprint density at radius 2 is 1.76 bits per heavy atom. The van der Waals surface area contributed by atoms with E-state index in [9.17, 15) is 5.26 Å². The molecule has 7 nitrogen and oxygen atoms in total. The molecule has 2 aromatic heterocycles. The molecule has 0 fully saturated rings. The first-order valence-electron chi connectivity index (χ1n) is 9.22. The number of nitrogen functional groups attached to an aromatic ring is 1. The first-order chi connectivity index (χ1) is 14.3. The van der Waals surface area contributed by atoms with E-state index in [0.29, 0.717) is 30.0 Å². The number of hydrogen-bond donors (Lipinski definition) is 2. The summed E-state index contributed by atoms with van der Waals surface area (Å²) in [7, 11) is 0. The average molecular weight is 401 g/mol. The third-order valence-electron chi connectivity index (χ3n) is 4.42. The zero-order valence-corrected chi connectivity index (χ0v) is 16.4. The second-order valence-corrected chi connectivity index (χ2v) is 7.35. The van der Waals surface area contributed by atoms with Gasteiger partial charge >= 0.3 is 0 Å². The summed E-state index contributed by atoms with van der Waals surface area (Å²) in [5, 5.41) is 27.4. The van der Waals surface area contributed by atoms with Crippen LogP contribution in [0.5, 0.6) is 0 Å². The van der Waals surface area contributed by atoms with E-state index in [2.05, 4.69) is 26.7 Å². The zero-order valence-electron chi connectivity index (χ0n) is 15.6. The number of aryl methyl sites for hydroxylation is 1. The van der Waals surface area contributed by atoms with Gasteiger partial charge in [0.25, 0.3) is 0 Å². The highest BCUT2D eigenvalue weighted by Crippen LogP contribution is 2.26. The maximum absolute atomic E-state index is 9.49. The molecule has 3 N–H and O–H groups in total. The van der Waals surface area contributed by atoms with Crippen molar-refractivity contribution in [2.45, 2.75) is 12.8 Å². The molecular weight excluding hydrogens is 382 g/mol. The molecule has 0 spiro atoms. The van der Waals surface area contributed by atoms with E-state index in [1.807, 2.05) is 60.7 Å². The smallest absolute Gasteiger partial charge is 0.206 e. The Morgan fingerprint density at radius 3 is 2.48 bits per heavy atom. The van der Waals surface area contributed by atoms with Crippen LogP contribution in [-0.4, -0.2) is 26.5 Å². The monoisotopic (exact) mass is 401 g/mol. The van der Waals surface area contributed by atoms with E-state index in [1.165, 1.54) is 11.3 Å². The van der Waals surface area contributed by atoms with Crippen LogP contribution in [0.2, 0.25) is 0 Å². The molecule has 0 aliphatic heterocycles. The van der Waals surface area contributed by atoms with Crippen LogP contribution in [0.25, 0.3) is 16.3 Å². The van der Waals surface area contributed by atoms with Gasteiger partial charge in [0.05, 0.1) is 11.4 Å². The molecule has 4 rings (SSSR count). The molecule has 2 heterocycles. The average Bonchev–Trinajstić information content (AvgIpc) is 3.37. The molecule has 0 aliphatic rings. The second-order valence-electron chi connectivity index (χ2n) is 6.37. The number of para-hydroxylation sites is 1. The number of rotatable bonds is 7. The lowest BCUT2D eigenvalue weighted by Crippen LogP contribution is -2.04. The number of aromatic nitrogens is 4. The molecule has 4 aromatic rings. The summed E-state index contributed by atoms with van der Waals surface area (Å²) in [5.41, 5.74) is 9.19. The van der Waals surface area contributed by atoms with E-state index in [-0.39, 0.29) is 0 Å². The minimum Gasteiger partial charge on any atom is -0.382 e. The number of anilines is 2. The van der Waals surface area contributed by atoms with Gasteiger partial charge in [-0.3, -0.25) is 0 Å². The van der Waals surface area contributed by atoms with Crippen molar-refractivity contribution < 1.29 is 0 Å². The second kappa shape index (κ2) is 8.54. The minimum atomic E-state index is 0.373. The molecule has 0 bridgehead atoms. The van der Waals surface area contributed by atoms with Crippen molar-refractivity contribution in [3.05, 3.63) is 71.9 Å². The Hall–Kier alpha value is -3.70. The van der Waals surface area contributed by atoms with Gasteiger partial charge in [-0.2, -0.15) is 10.4 Å². The highest BCUT2D eigenvalue weighted by Gasteiger charge is 2.16. The van der Waals surface area contributed by atoms with Crippen LogP contribution < -0.4 is 11.1 Å². The summed E-state index contributed by atoms with van der Waals surface area (Å²) in [6.45, 7) is 0.701. The lowest BCUT2D eigenvalue weighted by Gasteiger charge is -2.02. The number of nitriles is 1. The third kappa shape index (κ3) is 4.10. The van der Waals surface area contributed by atoms with Crippen LogP contribution in [0.3, 0.4) is 0 Å². The van der Waals surface area contributed by atoms with Gasteiger partial charge in [0.1, 0.15) is 22.5 Å². The fourth-order valence-electron chi connectivity index (χ4n) is 2.98. The van der Waals surface area contributed by atoms with Gasteiger partial charge in [-0.05, 0) is 25.0 Å². The fraction of sp³-hybridized carbons (Fsp3) is 0.143. The summed E-state index contributed by atoms with van der Waals surface area (Å²) < 4.78 is 1.62. The van der Waals surface area contributed by atoms with Crippen molar-refractivity contribution in [1.29, 1.82) is 5.26 Å². The largest absolute Gasteiger partial charge is 0.382 e. The van der Waals surface area contributed by atoms with Gasteiger partial charge in [0.15, 0.2) is 0 Å². The van der Waals surface area contributed by atoms with E-state index in [1.54, 1.807) is 4.68 Å². The molecule has 2 aromatic carbocycles. The normalized spacial score (nSPS) is 10.6. The number of nitrogens with zero attached hydrogens (tertiary/aromatic N) is 5. The van der Waals surface area contributed by atoms with Crippen molar-refractivity contribution in [3.63, 3.8) is 0 Å². The molecule has 0 atom stereocenters. The Morgan fingerprint density at radius 1 is 1.03 bits per heavy atom.